The van der Waals surface area contributed by atoms with Crippen LogP contribution in [0.25, 0.3) is 10.9 Å². The molecule has 0 saturated heterocycles. The molecule has 1 aromatic carbocycles. The van der Waals surface area contributed by atoms with E-state index in [0.29, 0.717) is 24.2 Å². The van der Waals surface area contributed by atoms with E-state index < -0.39 is 0 Å². The van der Waals surface area contributed by atoms with E-state index in [1.165, 1.54) is 24.8 Å². The van der Waals surface area contributed by atoms with Crippen molar-refractivity contribution < 1.29 is 18.8 Å². The molecule has 1 aliphatic rings. The summed E-state index contributed by atoms with van der Waals surface area (Å²) in [5, 5.41) is 4.18. The van der Waals surface area contributed by atoms with Crippen molar-refractivity contribution >= 4 is 29.3 Å². The third-order valence-corrected chi connectivity index (χ3v) is 9.97. The minimum atomic E-state index is -0.240. The second-order valence-corrected chi connectivity index (χ2v) is 12.7. The summed E-state index contributed by atoms with van der Waals surface area (Å²) in [6.07, 6.45) is 11.1. The number of carbonyl (C=O) groups is 3. The second-order valence-electron chi connectivity index (χ2n) is 12.7. The molecule has 258 valence electrons. The maximum Gasteiger partial charge on any atom is 0.152 e. The molecule has 6 heteroatoms. The van der Waals surface area contributed by atoms with E-state index in [1.54, 1.807) is 12.1 Å². The normalized spacial score (nSPS) is 16.5. The molecule has 5 nitrogen and oxygen atoms in total. The van der Waals surface area contributed by atoms with Crippen LogP contribution in [0.1, 0.15) is 132 Å². The fourth-order valence-electron chi connectivity index (χ4n) is 7.08. The van der Waals surface area contributed by atoms with E-state index in [1.807, 2.05) is 53.8 Å². The number of hydrogen-bond donors (Lipinski definition) is 2. The second kappa shape index (κ2) is 22.8. The first kappa shape index (κ1) is 44.5. The number of aromatic amines is 1. The third kappa shape index (κ3) is 12.3. The average Bonchev–Trinajstić information content (AvgIpc) is 3.46. The first-order valence-electron chi connectivity index (χ1n) is 16.8. The van der Waals surface area contributed by atoms with Crippen molar-refractivity contribution in [1.29, 1.82) is 0 Å². The van der Waals surface area contributed by atoms with E-state index in [9.17, 15) is 14.0 Å². The summed E-state index contributed by atoms with van der Waals surface area (Å²) in [5.74, 6) is 0.894. The highest BCUT2D eigenvalue weighted by Crippen LogP contribution is 2.45. The van der Waals surface area contributed by atoms with Gasteiger partial charge in [0.15, 0.2) is 5.78 Å². The highest BCUT2D eigenvalue weighted by molar-refractivity contribution is 5.92. The lowest BCUT2D eigenvalue weighted by molar-refractivity contribution is -0.135. The van der Waals surface area contributed by atoms with Crippen LogP contribution in [0, 0.1) is 34.9 Å². The minimum Gasteiger partial charge on any atom is -0.361 e. The number of nitrogens with one attached hydrogen (secondary N) is 2. The van der Waals surface area contributed by atoms with Gasteiger partial charge in [0, 0.05) is 35.4 Å². The van der Waals surface area contributed by atoms with Crippen molar-refractivity contribution in [1.82, 2.24) is 10.3 Å². The zero-order valence-corrected chi connectivity index (χ0v) is 29.4. The Kier molecular flexibility index (Phi) is 22.6. The summed E-state index contributed by atoms with van der Waals surface area (Å²) in [7, 11) is 1.81. The zero-order valence-electron chi connectivity index (χ0n) is 29.4. The van der Waals surface area contributed by atoms with Crippen LogP contribution < -0.4 is 5.32 Å². The number of ketones is 2. The Labute approximate surface area is 275 Å². The molecule has 1 aromatic heterocycles. The SMILES string of the molecule is C.C=C.C=O.CC.CC[C@H](c1c[nH]c2cc(F)ccc12)[C@@H](C)C(C)(C)CCCC(=O)C(C1CCCCC1)C(C)C(=O)[C@H](C)NC. The van der Waals surface area contributed by atoms with Crippen molar-refractivity contribution in [2.75, 3.05) is 7.05 Å². The zero-order chi connectivity index (χ0) is 34.0. The van der Waals surface area contributed by atoms with Gasteiger partial charge in [-0.1, -0.05) is 75.2 Å². The molecule has 2 N–H and O–H groups in total. The number of likely N-dealkylation sites (N-methyl/N-ethyl adjacent to an activating group) is 1. The van der Waals surface area contributed by atoms with Crippen molar-refractivity contribution in [3.8, 4) is 0 Å². The van der Waals surface area contributed by atoms with Crippen molar-refractivity contribution in [3.63, 3.8) is 0 Å². The Balaban J connectivity index is 0. The fraction of sp³-hybridized carbons (Fsp3) is 0.667. The maximum atomic E-state index is 13.7. The Bertz CT molecular complexity index is 1100. The predicted molar refractivity (Wildman–Crippen MR) is 192 cm³/mol. The predicted octanol–water partition coefficient (Wildman–Crippen LogP) is 10.5. The van der Waals surface area contributed by atoms with Gasteiger partial charge in [0.1, 0.15) is 18.4 Å². The molecule has 1 saturated carbocycles. The molecule has 0 amide bonds. The van der Waals surface area contributed by atoms with E-state index >= 15 is 0 Å². The lowest BCUT2D eigenvalue weighted by atomic mass is 9.67. The van der Waals surface area contributed by atoms with Crippen LogP contribution in [0.2, 0.25) is 0 Å². The number of rotatable bonds is 14. The Morgan fingerprint density at radius 3 is 2.18 bits per heavy atom. The van der Waals surface area contributed by atoms with Gasteiger partial charge in [-0.15, -0.1) is 13.2 Å². The first-order valence-corrected chi connectivity index (χ1v) is 16.8. The standard InChI is InChI=1S/C33H51FN2O2.C2H6.C2H4.CH2O.CH4/c1-8-26(28-20-36-29-19-25(34)16-17-27(28)29)22(3)33(5,6)18-12-15-30(37)31(24-13-10-9-11-14-24)21(2)32(38)23(4)35-7;3*1-2;/h16-17,19-24,26,31,35-36H,8-15,18H2,1-7H3;1-2H3;1-2H2;1H2;1H4/t21?,22-,23+,26+,31?;;;;/m1..../s1. The number of H-pyrrole nitrogens is 1. The Hall–Kier alpha value is -2.60. The van der Waals surface area contributed by atoms with Gasteiger partial charge in [-0.25, -0.2) is 4.39 Å². The molecular weight excluding hydrogens is 563 g/mol. The maximum absolute atomic E-state index is 13.7. The first-order chi connectivity index (χ1) is 21.0. The topological polar surface area (TPSA) is 79.0 Å². The van der Waals surface area contributed by atoms with Gasteiger partial charge in [0.05, 0.1) is 6.04 Å². The van der Waals surface area contributed by atoms with Crippen LogP contribution >= 0.6 is 0 Å². The highest BCUT2D eigenvalue weighted by atomic mass is 19.1. The Morgan fingerprint density at radius 2 is 1.64 bits per heavy atom. The van der Waals surface area contributed by atoms with E-state index in [4.69, 9.17) is 4.79 Å². The van der Waals surface area contributed by atoms with Crippen molar-refractivity contribution in [3.05, 3.63) is 48.9 Å². The van der Waals surface area contributed by atoms with E-state index in [0.717, 1.165) is 43.0 Å². The smallest absolute Gasteiger partial charge is 0.152 e. The highest BCUT2D eigenvalue weighted by Gasteiger charge is 2.38. The molecule has 0 radical (unpaired) electrons. The summed E-state index contributed by atoms with van der Waals surface area (Å²) in [4.78, 5) is 38.0. The third-order valence-electron chi connectivity index (χ3n) is 9.97. The lowest BCUT2D eigenvalue weighted by Crippen LogP contribution is -2.42. The molecule has 1 heterocycles. The molecule has 0 aliphatic heterocycles. The quantitative estimate of drug-likeness (QED) is 0.204. The summed E-state index contributed by atoms with van der Waals surface area (Å²) in [6.45, 7) is 25.1. The molecular formula is C39H67FN2O3. The van der Waals surface area contributed by atoms with Gasteiger partial charge in [0.25, 0.3) is 0 Å². The molecule has 5 atom stereocenters. The summed E-state index contributed by atoms with van der Waals surface area (Å²) in [6, 6.07) is 4.77. The van der Waals surface area contributed by atoms with Gasteiger partial charge < -0.3 is 15.1 Å². The van der Waals surface area contributed by atoms with Gasteiger partial charge in [-0.2, -0.15) is 0 Å². The van der Waals surface area contributed by atoms with Crippen LogP contribution in [0.5, 0.6) is 0 Å². The van der Waals surface area contributed by atoms with E-state index in [2.05, 4.69) is 51.2 Å². The van der Waals surface area contributed by atoms with E-state index in [-0.39, 0.29) is 48.1 Å². The number of fused-ring (bicyclic) bond motifs is 1. The molecule has 0 spiro atoms. The van der Waals surface area contributed by atoms with Crippen molar-refractivity contribution in [2.45, 2.75) is 133 Å². The minimum absolute atomic E-state index is 0. The molecule has 2 aromatic rings. The van der Waals surface area contributed by atoms with Crippen molar-refractivity contribution in [2.24, 2.45) is 29.1 Å². The van der Waals surface area contributed by atoms with Gasteiger partial charge in [-0.3, -0.25) is 9.59 Å². The number of hydrogen-bond acceptors (Lipinski definition) is 4. The number of halogens is 1. The van der Waals surface area contributed by atoms with Gasteiger partial charge in [0.2, 0.25) is 0 Å². The van der Waals surface area contributed by atoms with Crippen LogP contribution in [0.4, 0.5) is 4.39 Å². The molecule has 1 fully saturated rings. The summed E-state index contributed by atoms with van der Waals surface area (Å²) < 4.78 is 13.7. The monoisotopic (exact) mass is 631 g/mol. The Morgan fingerprint density at radius 1 is 1.07 bits per heavy atom. The molecule has 1 aliphatic carbocycles. The van der Waals surface area contributed by atoms with Gasteiger partial charge in [-0.05, 0) is 93.0 Å². The van der Waals surface area contributed by atoms with Crippen LogP contribution in [0.15, 0.2) is 37.6 Å². The summed E-state index contributed by atoms with van der Waals surface area (Å²) >= 11 is 0. The number of Topliss-reactive ketones (excluding diaryl/α,β-unsaturated/α-hetero) is 2. The van der Waals surface area contributed by atoms with Crippen LogP contribution in [0.3, 0.4) is 0 Å². The molecule has 2 unspecified atom stereocenters. The number of carbonyl (C=O) groups excluding carboxylic acids is 3. The summed E-state index contributed by atoms with van der Waals surface area (Å²) in [5.41, 5.74) is 2.13. The average molecular weight is 631 g/mol. The number of benzene rings is 1. The lowest BCUT2D eigenvalue weighted by Gasteiger charge is -2.38. The van der Waals surface area contributed by atoms with Crippen LogP contribution in [-0.2, 0) is 14.4 Å². The largest absolute Gasteiger partial charge is 0.361 e. The number of aromatic nitrogens is 1. The molecule has 45 heavy (non-hydrogen) atoms. The molecule has 0 bridgehead atoms. The van der Waals surface area contributed by atoms with Crippen LogP contribution in [-0.4, -0.2) is 36.4 Å². The molecule has 3 rings (SSSR count). The van der Waals surface area contributed by atoms with Gasteiger partial charge >= 0.3 is 0 Å². The fourth-order valence-corrected chi connectivity index (χ4v) is 7.08.